The third-order valence-corrected chi connectivity index (χ3v) is 4.85. The van der Waals surface area contributed by atoms with Crippen LogP contribution in [0.4, 0.5) is 0 Å². The molecule has 6 nitrogen and oxygen atoms in total. The summed E-state index contributed by atoms with van der Waals surface area (Å²) in [5.74, 6) is 1.54. The van der Waals surface area contributed by atoms with Crippen molar-refractivity contribution in [2.45, 2.75) is 12.5 Å². The van der Waals surface area contributed by atoms with E-state index in [1.54, 1.807) is 7.11 Å². The van der Waals surface area contributed by atoms with E-state index in [4.69, 9.17) is 9.47 Å². The predicted molar refractivity (Wildman–Crippen MR) is 105 cm³/mol. The summed E-state index contributed by atoms with van der Waals surface area (Å²) in [6.45, 7) is 5.98. The highest BCUT2D eigenvalue weighted by atomic mass is 16.5. The van der Waals surface area contributed by atoms with Gasteiger partial charge in [-0.1, -0.05) is 6.07 Å². The molecule has 1 aliphatic rings. The van der Waals surface area contributed by atoms with Gasteiger partial charge in [0.1, 0.15) is 24.2 Å². The number of benzene rings is 1. The maximum atomic E-state index is 10.3. The van der Waals surface area contributed by atoms with Gasteiger partial charge >= 0.3 is 0 Å². The zero-order valence-electron chi connectivity index (χ0n) is 16.0. The standard InChI is InChI=1S/C21H29N3O3/c1-26-20-5-7-21(8-6-20)27-17-19(25)16-24-14-12-23(13-15-24)11-9-18-4-2-3-10-22-18/h2-8,10,19,25H,9,11-17H2,1H3/t19-/m1/s1. The molecule has 0 amide bonds. The van der Waals surface area contributed by atoms with E-state index in [-0.39, 0.29) is 0 Å². The summed E-state index contributed by atoms with van der Waals surface area (Å²) in [5, 5.41) is 10.3. The van der Waals surface area contributed by atoms with E-state index in [9.17, 15) is 5.11 Å². The lowest BCUT2D eigenvalue weighted by atomic mass is 10.2. The highest BCUT2D eigenvalue weighted by Crippen LogP contribution is 2.17. The first kappa shape index (κ1) is 19.6. The number of aliphatic hydroxyl groups is 1. The minimum atomic E-state index is -0.493. The van der Waals surface area contributed by atoms with Crippen molar-refractivity contribution in [1.82, 2.24) is 14.8 Å². The molecule has 146 valence electrons. The summed E-state index contributed by atoms with van der Waals surface area (Å²) in [6.07, 6.45) is 2.34. The molecule has 2 aromatic rings. The molecule has 1 atom stereocenters. The highest BCUT2D eigenvalue weighted by molar-refractivity contribution is 5.31. The first-order chi connectivity index (χ1) is 13.2. The molecular weight excluding hydrogens is 342 g/mol. The van der Waals surface area contributed by atoms with Crippen LogP contribution in [-0.4, -0.2) is 79.0 Å². The van der Waals surface area contributed by atoms with Gasteiger partial charge in [0, 0.05) is 57.6 Å². The molecule has 0 saturated carbocycles. The Bertz CT molecular complexity index is 658. The van der Waals surface area contributed by atoms with Gasteiger partial charge in [-0.3, -0.25) is 9.88 Å². The van der Waals surface area contributed by atoms with Crippen molar-refractivity contribution >= 4 is 0 Å². The summed E-state index contributed by atoms with van der Waals surface area (Å²) >= 11 is 0. The Hall–Kier alpha value is -2.15. The third kappa shape index (κ3) is 6.50. The molecule has 1 N–H and O–H groups in total. The first-order valence-corrected chi connectivity index (χ1v) is 9.52. The third-order valence-electron chi connectivity index (χ3n) is 4.85. The van der Waals surface area contributed by atoms with Crippen molar-refractivity contribution in [2.24, 2.45) is 0 Å². The summed E-state index contributed by atoms with van der Waals surface area (Å²) in [4.78, 5) is 9.15. The Morgan fingerprint density at radius 2 is 1.70 bits per heavy atom. The van der Waals surface area contributed by atoms with Crippen LogP contribution in [0, 0.1) is 0 Å². The molecule has 6 heteroatoms. The van der Waals surface area contributed by atoms with Crippen molar-refractivity contribution in [3.05, 3.63) is 54.4 Å². The number of aliphatic hydroxyl groups excluding tert-OH is 1. The first-order valence-electron chi connectivity index (χ1n) is 9.52. The maximum Gasteiger partial charge on any atom is 0.119 e. The van der Waals surface area contributed by atoms with E-state index in [1.165, 1.54) is 0 Å². The smallest absolute Gasteiger partial charge is 0.119 e. The summed E-state index contributed by atoms with van der Waals surface area (Å²) in [6, 6.07) is 13.5. The monoisotopic (exact) mass is 371 g/mol. The number of aromatic nitrogens is 1. The summed E-state index contributed by atoms with van der Waals surface area (Å²) in [7, 11) is 1.64. The molecule has 0 spiro atoms. The summed E-state index contributed by atoms with van der Waals surface area (Å²) < 4.78 is 10.8. The molecular formula is C21H29N3O3. The Labute approximate surface area is 161 Å². The molecule has 3 rings (SSSR count). The Balaban J connectivity index is 1.32. The van der Waals surface area contributed by atoms with Crippen molar-refractivity contribution in [1.29, 1.82) is 0 Å². The average Bonchev–Trinajstić information content (AvgIpc) is 2.73. The van der Waals surface area contributed by atoms with Crippen LogP contribution in [0.2, 0.25) is 0 Å². The van der Waals surface area contributed by atoms with Crippen LogP contribution in [0.1, 0.15) is 5.69 Å². The lowest BCUT2D eigenvalue weighted by Gasteiger charge is -2.35. The Kier molecular flexibility index (Phi) is 7.45. The fraction of sp³-hybridized carbons (Fsp3) is 0.476. The van der Waals surface area contributed by atoms with Crippen LogP contribution in [0.25, 0.3) is 0 Å². The van der Waals surface area contributed by atoms with Crippen LogP contribution in [-0.2, 0) is 6.42 Å². The van der Waals surface area contributed by atoms with Gasteiger partial charge in [-0.2, -0.15) is 0 Å². The van der Waals surface area contributed by atoms with Crippen molar-refractivity contribution < 1.29 is 14.6 Å². The predicted octanol–water partition coefficient (Wildman–Crippen LogP) is 1.69. The van der Waals surface area contributed by atoms with Gasteiger partial charge in [0.05, 0.1) is 7.11 Å². The minimum absolute atomic E-state index is 0.298. The largest absolute Gasteiger partial charge is 0.497 e. The molecule has 1 aromatic heterocycles. The molecule has 0 aliphatic carbocycles. The van der Waals surface area contributed by atoms with E-state index in [0.717, 1.165) is 56.3 Å². The average molecular weight is 371 g/mol. The molecule has 0 unspecified atom stereocenters. The van der Waals surface area contributed by atoms with Crippen molar-refractivity contribution in [3.63, 3.8) is 0 Å². The van der Waals surface area contributed by atoms with Crippen LogP contribution < -0.4 is 9.47 Å². The Morgan fingerprint density at radius 3 is 2.37 bits per heavy atom. The van der Waals surface area contributed by atoms with Gasteiger partial charge in [0.15, 0.2) is 0 Å². The molecule has 0 bridgehead atoms. The van der Waals surface area contributed by atoms with Gasteiger partial charge < -0.3 is 19.5 Å². The number of pyridine rings is 1. The van der Waals surface area contributed by atoms with Gasteiger partial charge in [-0.15, -0.1) is 0 Å². The number of rotatable bonds is 9. The normalized spacial score (nSPS) is 16.8. The summed E-state index contributed by atoms with van der Waals surface area (Å²) in [5.41, 5.74) is 1.14. The quantitative estimate of drug-likeness (QED) is 0.724. The van der Waals surface area contributed by atoms with Gasteiger partial charge in [-0.25, -0.2) is 0 Å². The number of hydrogen-bond donors (Lipinski definition) is 1. The number of piperazine rings is 1. The van der Waals surface area contributed by atoms with Crippen LogP contribution >= 0.6 is 0 Å². The van der Waals surface area contributed by atoms with E-state index in [1.807, 2.05) is 42.6 Å². The molecule has 2 heterocycles. The molecule has 1 aliphatic heterocycles. The second-order valence-electron chi connectivity index (χ2n) is 6.85. The molecule has 0 radical (unpaired) electrons. The van der Waals surface area contributed by atoms with E-state index in [0.29, 0.717) is 13.2 Å². The number of β-amino-alcohol motifs (C(OH)–C–C–N with tert-alkyl or cyclic N) is 1. The van der Waals surface area contributed by atoms with Gasteiger partial charge in [-0.05, 0) is 36.4 Å². The van der Waals surface area contributed by atoms with E-state index >= 15 is 0 Å². The molecule has 1 fully saturated rings. The second-order valence-corrected chi connectivity index (χ2v) is 6.85. The minimum Gasteiger partial charge on any atom is -0.497 e. The molecule has 1 saturated heterocycles. The number of nitrogens with zero attached hydrogens (tertiary/aromatic N) is 3. The lowest BCUT2D eigenvalue weighted by molar-refractivity contribution is 0.0462. The zero-order valence-corrected chi connectivity index (χ0v) is 16.0. The fourth-order valence-corrected chi connectivity index (χ4v) is 3.23. The molecule has 1 aromatic carbocycles. The zero-order chi connectivity index (χ0) is 18.9. The van der Waals surface area contributed by atoms with Gasteiger partial charge in [0.2, 0.25) is 0 Å². The van der Waals surface area contributed by atoms with Crippen LogP contribution in [0.5, 0.6) is 11.5 Å². The van der Waals surface area contributed by atoms with Gasteiger partial charge in [0.25, 0.3) is 0 Å². The van der Waals surface area contributed by atoms with Crippen molar-refractivity contribution in [2.75, 3.05) is 53.0 Å². The second kappa shape index (κ2) is 10.3. The van der Waals surface area contributed by atoms with Crippen LogP contribution in [0.3, 0.4) is 0 Å². The SMILES string of the molecule is COc1ccc(OC[C@H](O)CN2CCN(CCc3ccccn3)CC2)cc1. The van der Waals surface area contributed by atoms with Crippen LogP contribution in [0.15, 0.2) is 48.7 Å². The number of methoxy groups -OCH3 is 1. The maximum absolute atomic E-state index is 10.3. The number of hydrogen-bond acceptors (Lipinski definition) is 6. The topological polar surface area (TPSA) is 58.1 Å². The Morgan fingerprint density at radius 1 is 1.00 bits per heavy atom. The number of ether oxygens (including phenoxy) is 2. The van der Waals surface area contributed by atoms with E-state index < -0.39 is 6.10 Å². The van der Waals surface area contributed by atoms with Crippen molar-refractivity contribution in [3.8, 4) is 11.5 Å². The fourth-order valence-electron chi connectivity index (χ4n) is 3.23. The highest BCUT2D eigenvalue weighted by Gasteiger charge is 2.19. The molecule has 27 heavy (non-hydrogen) atoms. The lowest BCUT2D eigenvalue weighted by Crippen LogP contribution is -2.49. The van der Waals surface area contributed by atoms with E-state index in [2.05, 4.69) is 20.9 Å².